The van der Waals surface area contributed by atoms with Gasteiger partial charge in [0.1, 0.15) is 0 Å². The first-order chi connectivity index (χ1) is 15.9. The molecule has 4 N–H and O–H groups in total. The molecule has 0 rings (SSSR count). The summed E-state index contributed by atoms with van der Waals surface area (Å²) < 4.78 is 5.11. The predicted molar refractivity (Wildman–Crippen MR) is 221 cm³/mol. The van der Waals surface area contributed by atoms with Crippen LogP contribution in [0.25, 0.3) is 0 Å². The van der Waals surface area contributed by atoms with Crippen LogP contribution in [0.1, 0.15) is 0 Å². The van der Waals surface area contributed by atoms with Crippen LogP contribution in [0.2, 0.25) is 169 Å². The first-order valence-electron chi connectivity index (χ1n) is 15.6. The predicted octanol–water partition coefficient (Wildman–Crippen LogP) is 9.90. The van der Waals surface area contributed by atoms with E-state index in [1.165, 1.54) is 11.7 Å². The summed E-state index contributed by atoms with van der Waals surface area (Å²) in [5.74, 6) is 0. The van der Waals surface area contributed by atoms with E-state index in [2.05, 4.69) is 157 Å². The average molecular weight is 903 g/mol. The van der Waals surface area contributed by atoms with Crippen molar-refractivity contribution in [3.05, 3.63) is 0 Å². The van der Waals surface area contributed by atoms with Gasteiger partial charge in [-0.25, -0.2) is 0 Å². The molecule has 0 unspecified atom stereocenters. The van der Waals surface area contributed by atoms with E-state index in [1.54, 1.807) is 0 Å². The molecule has 0 aromatic heterocycles. The van der Waals surface area contributed by atoms with Gasteiger partial charge in [0.15, 0.2) is 0 Å². The van der Waals surface area contributed by atoms with Gasteiger partial charge in [-0.2, -0.15) is 0 Å². The molecule has 0 bridgehead atoms. The summed E-state index contributed by atoms with van der Waals surface area (Å²) in [5.41, 5.74) is 0. The zero-order valence-electron chi connectivity index (χ0n) is 32.5. The van der Waals surface area contributed by atoms with Crippen LogP contribution in [0.15, 0.2) is 0 Å². The Morgan fingerprint density at radius 3 is 0.350 bits per heavy atom. The summed E-state index contributed by atoms with van der Waals surface area (Å²) in [6.45, 7) is 63.8. The normalized spacial score (nSPS) is 14.5. The Morgan fingerprint density at radius 1 is 0.225 bits per heavy atom. The van der Waals surface area contributed by atoms with Gasteiger partial charge in [-0.1, -0.05) is 0 Å². The van der Waals surface area contributed by atoms with E-state index in [-0.39, 0.29) is 11.0 Å². The minimum atomic E-state index is -0.952. The molecule has 0 atom stereocenters. The maximum absolute atomic E-state index is 2.66. The van der Waals surface area contributed by atoms with E-state index >= 15 is 0 Å². The summed E-state index contributed by atoms with van der Waals surface area (Å²) in [6.07, 6.45) is 0. The smallest absolute Gasteiger partial charge is 0.412 e. The topological polar surface area (TPSA) is 63.0 Å². The van der Waals surface area contributed by atoms with Crippen LogP contribution in [-0.4, -0.2) is 121 Å². The Labute approximate surface area is 287 Å². The van der Waals surface area contributed by atoms with Gasteiger partial charge in [0.25, 0.3) is 0 Å². The molecule has 40 heavy (non-hydrogen) atoms. The molecule has 0 saturated heterocycles. The maximum Gasteiger partial charge on any atom is -0.412 e. The van der Waals surface area contributed by atoms with Crippen molar-refractivity contribution in [1.82, 2.24) is 0 Å². The maximum atomic E-state index is 2.66. The zero-order chi connectivity index (χ0) is 31.7. The van der Waals surface area contributed by atoms with Gasteiger partial charge >= 0.3 is 279 Å². The Balaban J connectivity index is -0.000000309. The molecule has 242 valence electrons. The third-order valence-corrected chi connectivity index (χ3v) is 127. The fourth-order valence-electron chi connectivity index (χ4n) is 7.89. The van der Waals surface area contributed by atoms with Gasteiger partial charge in [-0.15, -0.1) is 0 Å². The summed E-state index contributed by atoms with van der Waals surface area (Å²) >= 11 is -0.963. The van der Waals surface area contributed by atoms with Crippen LogP contribution in [0, 0.1) is 0 Å². The minimum Gasteiger partial charge on any atom is -0.412 e. The van der Waals surface area contributed by atoms with Gasteiger partial charge in [0.05, 0.1) is 0 Å². The summed E-state index contributed by atoms with van der Waals surface area (Å²) in [6, 6.07) is 0. The van der Waals surface area contributed by atoms with Crippen LogP contribution < -0.4 is 0 Å². The number of hydrogen-bond acceptors (Lipinski definition) is 0. The molecule has 12 heteroatoms. The Morgan fingerprint density at radius 2 is 0.300 bits per heavy atom. The first-order valence-corrected chi connectivity index (χ1v) is 51.9. The summed E-state index contributed by atoms with van der Waals surface area (Å²) in [4.78, 5) is 0. The second-order valence-electron chi connectivity index (χ2n) is 21.2. The van der Waals surface area contributed by atoms with Crippen LogP contribution in [-0.2, 0) is 0 Å². The fourth-order valence-corrected chi connectivity index (χ4v) is 116. The largest absolute Gasteiger partial charge is 0.412 e. The van der Waals surface area contributed by atoms with E-state index in [1.807, 2.05) is 0 Å². The molecule has 2 nitrogen and oxygen atoms in total. The Kier molecular flexibility index (Phi) is 21.3. The molecule has 2 radical (unpaired) electrons. The molecule has 0 aliphatic rings. The van der Waals surface area contributed by atoms with Crippen molar-refractivity contribution >= 4 is 110 Å². The molecule has 0 amide bonds. The van der Waals surface area contributed by atoms with E-state index in [4.69, 9.17) is 0 Å². The van der Waals surface area contributed by atoms with E-state index in [0.29, 0.717) is 0 Å². The van der Waals surface area contributed by atoms with Crippen molar-refractivity contribution in [3.63, 3.8) is 0 Å². The molecular formula is C28H80In2O2Si8. The van der Waals surface area contributed by atoms with Crippen LogP contribution in [0.4, 0.5) is 0 Å². The second-order valence-corrected chi connectivity index (χ2v) is 91.4. The van der Waals surface area contributed by atoms with Crippen molar-refractivity contribution < 1.29 is 11.0 Å². The van der Waals surface area contributed by atoms with E-state index in [0.717, 1.165) is 0 Å². The molecule has 0 heterocycles. The summed E-state index contributed by atoms with van der Waals surface area (Å²) in [7, 11) is -7.61. The van der Waals surface area contributed by atoms with Gasteiger partial charge in [-0.05, 0) is 0 Å². The molecule has 0 saturated carbocycles. The average Bonchev–Trinajstić information content (AvgIpc) is 2.44. The monoisotopic (exact) mass is 902 g/mol. The molecular weight excluding hydrogens is 823 g/mol. The first kappa shape index (κ1) is 50.3. The van der Waals surface area contributed by atoms with E-state index in [9.17, 15) is 0 Å². The van der Waals surface area contributed by atoms with E-state index < -0.39 is 110 Å². The quantitative estimate of drug-likeness (QED) is 0.175. The van der Waals surface area contributed by atoms with Crippen LogP contribution in [0.5, 0.6) is 0 Å². The minimum absolute atomic E-state index is 0. The standard InChI is InChI=1S/4C7H19Si2.2In.2H2O/c4*1-8(2,3)7-9(4,5)6;;;;/h4*7H,1-6H3;;;2*1H2. The van der Waals surface area contributed by atoms with Crippen LogP contribution >= 0.6 is 0 Å². The molecule has 0 aromatic rings. The zero-order valence-corrected chi connectivity index (χ0v) is 47.1. The second kappa shape index (κ2) is 17.0. The molecule has 0 aliphatic heterocycles. The third kappa shape index (κ3) is 19.1. The number of rotatable bonds is 12. The SMILES string of the molecule is C[Si](C)(C)[CH]([In][CH]([Si](C)(C)C)[Si](C)(C)C)[Si](C)(C)C.C[Si](C)(C)[CH]([In][CH]([Si](C)(C)C)[Si](C)(C)C)[Si](C)(C)C.O.O. The van der Waals surface area contributed by atoms with Gasteiger partial charge < -0.3 is 11.0 Å². The van der Waals surface area contributed by atoms with Crippen molar-refractivity contribution in [2.75, 3.05) is 0 Å². The van der Waals surface area contributed by atoms with Gasteiger partial charge in [0.2, 0.25) is 0 Å². The van der Waals surface area contributed by atoms with Crippen molar-refractivity contribution in [1.29, 1.82) is 0 Å². The van der Waals surface area contributed by atoms with Crippen molar-refractivity contribution in [2.24, 2.45) is 0 Å². The van der Waals surface area contributed by atoms with Crippen molar-refractivity contribution in [2.45, 2.75) is 169 Å². The molecule has 0 aromatic carbocycles. The van der Waals surface area contributed by atoms with Crippen LogP contribution in [0.3, 0.4) is 0 Å². The van der Waals surface area contributed by atoms with Crippen molar-refractivity contribution in [3.8, 4) is 0 Å². The van der Waals surface area contributed by atoms with Gasteiger partial charge in [0, 0.05) is 0 Å². The molecule has 0 spiro atoms. The fraction of sp³-hybridized carbons (Fsp3) is 1.00. The molecule has 0 aliphatic carbocycles. The third-order valence-electron chi connectivity index (χ3n) is 8.23. The summed E-state index contributed by atoms with van der Waals surface area (Å²) in [5, 5.41) is 0. The Hall–Kier alpha value is 3.40. The van der Waals surface area contributed by atoms with Gasteiger partial charge in [-0.3, -0.25) is 0 Å². The number of hydrogen-bond donors (Lipinski definition) is 0. The Bertz CT molecular complexity index is 535. The molecule has 0 fully saturated rings.